The van der Waals surface area contributed by atoms with Gasteiger partial charge >= 0.3 is 0 Å². The molecule has 1 fully saturated rings. The second kappa shape index (κ2) is 5.31. The molecule has 20 heavy (non-hydrogen) atoms. The molecule has 0 bridgehead atoms. The molecule has 2 atom stereocenters. The molecule has 1 aliphatic rings. The van der Waals surface area contributed by atoms with Crippen molar-refractivity contribution in [2.75, 3.05) is 17.7 Å². The molecule has 0 saturated heterocycles. The third-order valence-electron chi connectivity index (χ3n) is 4.64. The number of pyridine rings is 1. The highest BCUT2D eigenvalue weighted by Gasteiger charge is 2.23. The molecule has 1 aromatic heterocycles. The van der Waals surface area contributed by atoms with E-state index in [1.54, 1.807) is 0 Å². The van der Waals surface area contributed by atoms with Crippen LogP contribution < -0.4 is 10.6 Å². The first-order valence-corrected chi connectivity index (χ1v) is 7.53. The molecule has 1 heterocycles. The minimum atomic E-state index is 0.607. The fourth-order valence-electron chi connectivity index (χ4n) is 3.42. The Morgan fingerprint density at radius 2 is 2.10 bits per heavy atom. The highest BCUT2D eigenvalue weighted by molar-refractivity contribution is 5.97. The lowest BCUT2D eigenvalue weighted by molar-refractivity contribution is 0.336. The van der Waals surface area contributed by atoms with E-state index < -0.39 is 0 Å². The van der Waals surface area contributed by atoms with Gasteiger partial charge in [0.05, 0.1) is 16.9 Å². The molecule has 1 aliphatic carbocycles. The van der Waals surface area contributed by atoms with Crippen LogP contribution in [0.5, 0.6) is 0 Å². The molecule has 1 aromatic carbocycles. The Bertz CT molecular complexity index is 608. The summed E-state index contributed by atoms with van der Waals surface area (Å²) in [6.45, 7) is 2.35. The maximum Gasteiger partial charge on any atom is 0.0724 e. The summed E-state index contributed by atoms with van der Waals surface area (Å²) in [5.74, 6) is 0.819. The fraction of sp³-hybridized carbons (Fsp3) is 0.471. The molecule has 3 nitrogen and oxygen atoms in total. The first-order chi connectivity index (χ1) is 9.66. The number of benzene rings is 1. The Morgan fingerprint density at radius 3 is 2.90 bits per heavy atom. The number of nitrogen functional groups attached to an aromatic ring is 1. The van der Waals surface area contributed by atoms with Crippen LogP contribution in [-0.4, -0.2) is 18.1 Å². The molecule has 0 amide bonds. The van der Waals surface area contributed by atoms with Crippen LogP contribution in [0.4, 0.5) is 11.4 Å². The van der Waals surface area contributed by atoms with Gasteiger partial charge in [-0.3, -0.25) is 4.98 Å². The van der Waals surface area contributed by atoms with Gasteiger partial charge in [0.2, 0.25) is 0 Å². The summed E-state index contributed by atoms with van der Waals surface area (Å²) in [5.41, 5.74) is 9.35. The normalized spacial score (nSPS) is 22.9. The van der Waals surface area contributed by atoms with Crippen molar-refractivity contribution in [1.82, 2.24) is 4.98 Å². The number of rotatable bonds is 2. The van der Waals surface area contributed by atoms with Gasteiger partial charge in [-0.05, 0) is 43.0 Å². The monoisotopic (exact) mass is 269 g/mol. The van der Waals surface area contributed by atoms with Crippen molar-refractivity contribution in [2.24, 2.45) is 5.92 Å². The SMILES string of the molecule is CC1CCCC(N(C)c2ccc3ncccc3c2N)C1. The van der Waals surface area contributed by atoms with E-state index in [2.05, 4.69) is 42.1 Å². The molecular formula is C17H23N3. The van der Waals surface area contributed by atoms with Crippen molar-refractivity contribution in [2.45, 2.75) is 38.6 Å². The van der Waals surface area contributed by atoms with Gasteiger partial charge in [0.1, 0.15) is 0 Å². The van der Waals surface area contributed by atoms with Crippen LogP contribution in [0.2, 0.25) is 0 Å². The van der Waals surface area contributed by atoms with Gasteiger partial charge in [-0.2, -0.15) is 0 Å². The Kier molecular flexibility index (Phi) is 3.51. The summed E-state index contributed by atoms with van der Waals surface area (Å²) in [6.07, 6.45) is 7.03. The van der Waals surface area contributed by atoms with E-state index in [4.69, 9.17) is 5.73 Å². The van der Waals surface area contributed by atoms with Gasteiger partial charge in [0.15, 0.2) is 0 Å². The zero-order valence-electron chi connectivity index (χ0n) is 12.3. The summed E-state index contributed by atoms with van der Waals surface area (Å²) in [6, 6.07) is 8.80. The molecule has 3 rings (SSSR count). The second-order valence-electron chi connectivity index (χ2n) is 6.10. The van der Waals surface area contributed by atoms with Crippen LogP contribution >= 0.6 is 0 Å². The lowest BCUT2D eigenvalue weighted by Gasteiger charge is -2.36. The predicted octanol–water partition coefficient (Wildman–Crippen LogP) is 3.83. The minimum absolute atomic E-state index is 0.607. The van der Waals surface area contributed by atoms with Crippen molar-refractivity contribution >= 4 is 22.3 Å². The summed E-state index contributed by atoms with van der Waals surface area (Å²) >= 11 is 0. The van der Waals surface area contributed by atoms with E-state index >= 15 is 0 Å². The average Bonchev–Trinajstić information content (AvgIpc) is 2.47. The summed E-state index contributed by atoms with van der Waals surface area (Å²) in [5, 5.41) is 1.06. The van der Waals surface area contributed by atoms with Gasteiger partial charge in [-0.15, -0.1) is 0 Å². The summed E-state index contributed by atoms with van der Waals surface area (Å²) in [7, 11) is 2.18. The predicted molar refractivity (Wildman–Crippen MR) is 86.0 cm³/mol. The van der Waals surface area contributed by atoms with Gasteiger partial charge < -0.3 is 10.6 Å². The van der Waals surface area contributed by atoms with Crippen molar-refractivity contribution in [3.63, 3.8) is 0 Å². The number of aromatic nitrogens is 1. The molecule has 2 unspecified atom stereocenters. The Morgan fingerprint density at radius 1 is 1.25 bits per heavy atom. The standard InChI is InChI=1S/C17H23N3/c1-12-5-3-6-13(11-12)20(2)16-9-8-15-14(17(16)18)7-4-10-19-15/h4,7-10,12-13H,3,5-6,11,18H2,1-2H3. The fourth-order valence-corrected chi connectivity index (χ4v) is 3.42. The number of hydrogen-bond donors (Lipinski definition) is 1. The van der Waals surface area contributed by atoms with Gasteiger partial charge in [0, 0.05) is 24.7 Å². The van der Waals surface area contributed by atoms with Crippen LogP contribution in [0.1, 0.15) is 32.6 Å². The lowest BCUT2D eigenvalue weighted by Crippen LogP contribution is -2.36. The highest BCUT2D eigenvalue weighted by atomic mass is 15.1. The Balaban J connectivity index is 1.95. The summed E-state index contributed by atoms with van der Waals surface area (Å²) in [4.78, 5) is 6.74. The maximum absolute atomic E-state index is 6.38. The maximum atomic E-state index is 6.38. The van der Waals surface area contributed by atoms with Gasteiger partial charge in [0.25, 0.3) is 0 Å². The number of fused-ring (bicyclic) bond motifs is 1. The molecule has 0 aliphatic heterocycles. The first kappa shape index (κ1) is 13.2. The van der Waals surface area contributed by atoms with Crippen LogP contribution in [-0.2, 0) is 0 Å². The second-order valence-corrected chi connectivity index (χ2v) is 6.10. The van der Waals surface area contributed by atoms with E-state index in [-0.39, 0.29) is 0 Å². The van der Waals surface area contributed by atoms with Gasteiger partial charge in [-0.25, -0.2) is 0 Å². The number of hydrogen-bond acceptors (Lipinski definition) is 3. The van der Waals surface area contributed by atoms with Crippen molar-refractivity contribution in [1.29, 1.82) is 0 Å². The van der Waals surface area contributed by atoms with E-state index in [0.29, 0.717) is 6.04 Å². The minimum Gasteiger partial charge on any atom is -0.396 e. The highest BCUT2D eigenvalue weighted by Crippen LogP contribution is 2.35. The van der Waals surface area contributed by atoms with Crippen molar-refractivity contribution in [3.05, 3.63) is 30.5 Å². The molecule has 0 radical (unpaired) electrons. The van der Waals surface area contributed by atoms with E-state index in [9.17, 15) is 0 Å². The zero-order valence-corrected chi connectivity index (χ0v) is 12.3. The smallest absolute Gasteiger partial charge is 0.0724 e. The number of anilines is 2. The van der Waals surface area contributed by atoms with E-state index in [0.717, 1.165) is 28.2 Å². The van der Waals surface area contributed by atoms with E-state index in [1.165, 1.54) is 25.7 Å². The molecule has 3 heteroatoms. The first-order valence-electron chi connectivity index (χ1n) is 7.53. The summed E-state index contributed by atoms with van der Waals surface area (Å²) < 4.78 is 0. The van der Waals surface area contributed by atoms with Crippen LogP contribution in [0.25, 0.3) is 10.9 Å². The number of nitrogens with zero attached hydrogens (tertiary/aromatic N) is 2. The van der Waals surface area contributed by atoms with E-state index in [1.807, 2.05) is 12.3 Å². The molecule has 0 spiro atoms. The third-order valence-corrected chi connectivity index (χ3v) is 4.64. The third kappa shape index (κ3) is 2.33. The largest absolute Gasteiger partial charge is 0.396 e. The van der Waals surface area contributed by atoms with Crippen LogP contribution in [0.15, 0.2) is 30.5 Å². The quantitative estimate of drug-likeness (QED) is 0.842. The zero-order chi connectivity index (χ0) is 14.1. The molecule has 2 N–H and O–H groups in total. The number of nitrogens with two attached hydrogens (primary N) is 1. The Labute approximate surface area is 120 Å². The lowest BCUT2D eigenvalue weighted by atomic mass is 9.86. The molecular weight excluding hydrogens is 246 g/mol. The van der Waals surface area contributed by atoms with Crippen LogP contribution in [0, 0.1) is 5.92 Å². The van der Waals surface area contributed by atoms with Gasteiger partial charge in [-0.1, -0.05) is 19.8 Å². The van der Waals surface area contributed by atoms with Crippen molar-refractivity contribution < 1.29 is 0 Å². The molecule has 106 valence electrons. The Hall–Kier alpha value is -1.77. The average molecular weight is 269 g/mol. The van der Waals surface area contributed by atoms with Crippen molar-refractivity contribution in [3.8, 4) is 0 Å². The molecule has 2 aromatic rings. The molecule has 1 saturated carbocycles. The topological polar surface area (TPSA) is 42.2 Å². The van der Waals surface area contributed by atoms with Crippen LogP contribution in [0.3, 0.4) is 0 Å².